The topological polar surface area (TPSA) is 55.1 Å². The van der Waals surface area contributed by atoms with Gasteiger partial charge in [0.05, 0.1) is 17.7 Å². The standard InChI is InChI=1S/C10H16N2O2/c1-6-5-7(2)12(11-6)9(4)8(3)10(13)14/h5,8-9H,1-4H3,(H,13,14). The number of nitrogens with zero attached hydrogens (tertiary/aromatic N) is 2. The van der Waals surface area contributed by atoms with Crippen LogP contribution in [0, 0.1) is 19.8 Å². The SMILES string of the molecule is Cc1cc(C)n(C(C)C(C)C(=O)O)n1. The number of carboxylic acids is 1. The summed E-state index contributed by atoms with van der Waals surface area (Å²) in [6.45, 7) is 7.41. The molecule has 1 aromatic rings. The lowest BCUT2D eigenvalue weighted by molar-refractivity contribution is -0.142. The third kappa shape index (κ3) is 1.95. The minimum atomic E-state index is -0.787. The number of carboxylic acid groups (broad SMARTS) is 1. The van der Waals surface area contributed by atoms with Gasteiger partial charge in [-0.25, -0.2) is 0 Å². The summed E-state index contributed by atoms with van der Waals surface area (Å²) in [6.07, 6.45) is 0. The molecular weight excluding hydrogens is 180 g/mol. The fourth-order valence-electron chi connectivity index (χ4n) is 1.48. The fourth-order valence-corrected chi connectivity index (χ4v) is 1.48. The average Bonchev–Trinajstić information content (AvgIpc) is 2.42. The monoisotopic (exact) mass is 196 g/mol. The first kappa shape index (κ1) is 10.8. The molecule has 4 nitrogen and oxygen atoms in total. The van der Waals surface area contributed by atoms with Gasteiger partial charge in [0.2, 0.25) is 0 Å². The van der Waals surface area contributed by atoms with Crippen molar-refractivity contribution in [1.82, 2.24) is 9.78 Å². The fraction of sp³-hybridized carbons (Fsp3) is 0.600. The summed E-state index contributed by atoms with van der Waals surface area (Å²) in [4.78, 5) is 10.8. The molecule has 0 radical (unpaired) electrons. The Bertz CT molecular complexity index is 344. The van der Waals surface area contributed by atoms with Crippen LogP contribution < -0.4 is 0 Å². The molecule has 1 heterocycles. The molecule has 0 amide bonds. The lowest BCUT2D eigenvalue weighted by Crippen LogP contribution is -2.23. The molecule has 14 heavy (non-hydrogen) atoms. The number of hydrogen-bond acceptors (Lipinski definition) is 2. The van der Waals surface area contributed by atoms with Crippen LogP contribution in [0.25, 0.3) is 0 Å². The lowest BCUT2D eigenvalue weighted by Gasteiger charge is -2.18. The minimum Gasteiger partial charge on any atom is -0.481 e. The quantitative estimate of drug-likeness (QED) is 0.801. The number of aromatic nitrogens is 2. The molecule has 78 valence electrons. The summed E-state index contributed by atoms with van der Waals surface area (Å²) in [6, 6.07) is 1.84. The van der Waals surface area contributed by atoms with Crippen molar-refractivity contribution in [2.45, 2.75) is 33.7 Å². The highest BCUT2D eigenvalue weighted by Crippen LogP contribution is 2.19. The molecule has 0 aliphatic rings. The molecule has 1 N–H and O–H groups in total. The Labute approximate surface area is 83.5 Å². The molecule has 0 saturated heterocycles. The van der Waals surface area contributed by atoms with Crippen molar-refractivity contribution in [1.29, 1.82) is 0 Å². The molecule has 0 fully saturated rings. The van der Waals surface area contributed by atoms with Crippen molar-refractivity contribution < 1.29 is 9.90 Å². The van der Waals surface area contributed by atoms with E-state index >= 15 is 0 Å². The summed E-state index contributed by atoms with van der Waals surface area (Å²) in [5.41, 5.74) is 1.93. The zero-order chi connectivity index (χ0) is 10.9. The molecule has 2 unspecified atom stereocenters. The van der Waals surface area contributed by atoms with Gasteiger partial charge in [0.15, 0.2) is 0 Å². The van der Waals surface area contributed by atoms with Gasteiger partial charge in [0.1, 0.15) is 0 Å². The van der Waals surface area contributed by atoms with E-state index in [2.05, 4.69) is 5.10 Å². The van der Waals surface area contributed by atoms with E-state index in [-0.39, 0.29) is 6.04 Å². The van der Waals surface area contributed by atoms with Gasteiger partial charge in [-0.3, -0.25) is 9.48 Å². The molecule has 0 spiro atoms. The molecule has 2 atom stereocenters. The average molecular weight is 196 g/mol. The highest BCUT2D eigenvalue weighted by molar-refractivity contribution is 5.70. The first-order chi connectivity index (χ1) is 6.43. The van der Waals surface area contributed by atoms with Gasteiger partial charge < -0.3 is 5.11 Å². The zero-order valence-corrected chi connectivity index (χ0v) is 8.98. The molecule has 1 rings (SSSR count). The second-order valence-corrected chi connectivity index (χ2v) is 3.74. The van der Waals surface area contributed by atoms with Crippen LogP contribution in [0.4, 0.5) is 0 Å². The lowest BCUT2D eigenvalue weighted by atomic mass is 10.0. The molecule has 0 bridgehead atoms. The predicted molar refractivity (Wildman–Crippen MR) is 53.2 cm³/mol. The largest absolute Gasteiger partial charge is 0.481 e. The van der Waals surface area contributed by atoms with Crippen molar-refractivity contribution in [3.63, 3.8) is 0 Å². The first-order valence-electron chi connectivity index (χ1n) is 4.69. The van der Waals surface area contributed by atoms with Crippen molar-refractivity contribution in [2.24, 2.45) is 5.92 Å². The summed E-state index contributed by atoms with van der Waals surface area (Å²) >= 11 is 0. The predicted octanol–water partition coefficient (Wildman–Crippen LogP) is 1.78. The van der Waals surface area contributed by atoms with Crippen LogP contribution in [0.3, 0.4) is 0 Å². The Morgan fingerprint density at radius 1 is 1.50 bits per heavy atom. The van der Waals surface area contributed by atoms with E-state index in [1.54, 1.807) is 11.6 Å². The van der Waals surface area contributed by atoms with Crippen LogP contribution in [0.2, 0.25) is 0 Å². The Morgan fingerprint density at radius 3 is 2.43 bits per heavy atom. The number of aryl methyl sites for hydroxylation is 2. The maximum atomic E-state index is 10.8. The second kappa shape index (κ2) is 3.82. The van der Waals surface area contributed by atoms with Crippen LogP contribution in [-0.2, 0) is 4.79 Å². The van der Waals surface area contributed by atoms with Crippen LogP contribution in [0.15, 0.2) is 6.07 Å². The van der Waals surface area contributed by atoms with E-state index in [1.807, 2.05) is 26.8 Å². The van der Waals surface area contributed by atoms with Gasteiger partial charge in [0, 0.05) is 5.69 Å². The van der Waals surface area contributed by atoms with Crippen molar-refractivity contribution in [2.75, 3.05) is 0 Å². The summed E-state index contributed by atoms with van der Waals surface area (Å²) in [5.74, 6) is -1.21. The highest BCUT2D eigenvalue weighted by atomic mass is 16.4. The molecular formula is C10H16N2O2. The van der Waals surface area contributed by atoms with Gasteiger partial charge in [-0.1, -0.05) is 0 Å². The molecule has 0 aromatic carbocycles. The molecule has 0 aliphatic carbocycles. The Morgan fingerprint density at radius 2 is 2.07 bits per heavy atom. The third-order valence-electron chi connectivity index (χ3n) is 2.54. The Kier molecular flexibility index (Phi) is 2.93. The first-order valence-corrected chi connectivity index (χ1v) is 4.69. The van der Waals surface area contributed by atoms with Crippen LogP contribution in [0.5, 0.6) is 0 Å². The normalized spacial score (nSPS) is 15.1. The minimum absolute atomic E-state index is 0.110. The van der Waals surface area contributed by atoms with Crippen molar-refractivity contribution >= 4 is 5.97 Å². The van der Waals surface area contributed by atoms with E-state index in [4.69, 9.17) is 5.11 Å². The summed E-state index contributed by atoms with van der Waals surface area (Å²) in [7, 11) is 0. The van der Waals surface area contributed by atoms with Gasteiger partial charge in [-0.2, -0.15) is 5.10 Å². The van der Waals surface area contributed by atoms with Crippen molar-refractivity contribution in [3.8, 4) is 0 Å². The summed E-state index contributed by atoms with van der Waals surface area (Å²) in [5, 5.41) is 13.1. The van der Waals surface area contributed by atoms with Crippen LogP contribution in [0.1, 0.15) is 31.3 Å². The van der Waals surface area contributed by atoms with E-state index in [1.165, 1.54) is 0 Å². The highest BCUT2D eigenvalue weighted by Gasteiger charge is 2.22. The van der Waals surface area contributed by atoms with Gasteiger partial charge >= 0.3 is 5.97 Å². The van der Waals surface area contributed by atoms with E-state index < -0.39 is 11.9 Å². The number of carbonyl (C=O) groups is 1. The molecule has 0 saturated carbocycles. The third-order valence-corrected chi connectivity index (χ3v) is 2.54. The van der Waals surface area contributed by atoms with Crippen LogP contribution >= 0.6 is 0 Å². The van der Waals surface area contributed by atoms with Gasteiger partial charge in [-0.15, -0.1) is 0 Å². The van der Waals surface area contributed by atoms with E-state index in [0.717, 1.165) is 11.4 Å². The second-order valence-electron chi connectivity index (χ2n) is 3.74. The smallest absolute Gasteiger partial charge is 0.308 e. The van der Waals surface area contributed by atoms with Gasteiger partial charge in [-0.05, 0) is 33.8 Å². The Balaban J connectivity index is 2.94. The molecule has 1 aromatic heterocycles. The molecule has 4 heteroatoms. The van der Waals surface area contributed by atoms with E-state index in [9.17, 15) is 4.79 Å². The van der Waals surface area contributed by atoms with Crippen molar-refractivity contribution in [3.05, 3.63) is 17.5 Å². The number of hydrogen-bond donors (Lipinski definition) is 1. The molecule has 0 aliphatic heterocycles. The maximum absolute atomic E-state index is 10.8. The van der Waals surface area contributed by atoms with Gasteiger partial charge in [0.25, 0.3) is 0 Å². The van der Waals surface area contributed by atoms with E-state index in [0.29, 0.717) is 0 Å². The number of rotatable bonds is 3. The maximum Gasteiger partial charge on any atom is 0.308 e. The summed E-state index contributed by atoms with van der Waals surface area (Å²) < 4.78 is 1.77. The number of aliphatic carboxylic acids is 1. The van der Waals surface area contributed by atoms with Crippen LogP contribution in [-0.4, -0.2) is 20.9 Å². The zero-order valence-electron chi connectivity index (χ0n) is 8.98. The Hall–Kier alpha value is -1.32.